The van der Waals surface area contributed by atoms with Gasteiger partial charge in [0.25, 0.3) is 0 Å². The van der Waals surface area contributed by atoms with E-state index in [1.807, 2.05) is 6.92 Å². The van der Waals surface area contributed by atoms with Gasteiger partial charge < -0.3 is 8.98 Å². The smallest absolute Gasteiger partial charge is 0.233 e. The molecule has 2 aromatic rings. The van der Waals surface area contributed by atoms with Crippen molar-refractivity contribution in [3.63, 3.8) is 0 Å². The van der Waals surface area contributed by atoms with E-state index >= 15 is 0 Å². The van der Waals surface area contributed by atoms with Crippen LogP contribution in [-0.2, 0) is 13.6 Å². The van der Waals surface area contributed by atoms with Gasteiger partial charge in [-0.2, -0.15) is 0 Å². The van der Waals surface area contributed by atoms with Crippen molar-refractivity contribution < 1.29 is 4.42 Å². The number of rotatable bonds is 6. The third-order valence-electron chi connectivity index (χ3n) is 5.60. The first-order valence-corrected chi connectivity index (χ1v) is 9.15. The first-order chi connectivity index (χ1) is 12.0. The quantitative estimate of drug-likeness (QED) is 0.788. The Kier molecular flexibility index (Phi) is 4.33. The molecule has 4 rings (SSSR count). The predicted octanol–water partition coefficient (Wildman–Crippen LogP) is 1.65. The van der Waals surface area contributed by atoms with Crippen molar-refractivity contribution in [3.05, 3.63) is 23.4 Å². The Morgan fingerprint density at radius 3 is 2.68 bits per heavy atom. The second-order valence-electron chi connectivity index (χ2n) is 7.50. The number of hydrogen-bond acceptors (Lipinski definition) is 7. The first-order valence-electron chi connectivity index (χ1n) is 9.15. The maximum Gasteiger partial charge on any atom is 0.233 e. The average Bonchev–Trinajstić information content (AvgIpc) is 2.99. The molecule has 25 heavy (non-hydrogen) atoms. The zero-order valence-corrected chi connectivity index (χ0v) is 15.5. The molecule has 3 heterocycles. The van der Waals surface area contributed by atoms with Crippen molar-refractivity contribution in [3.8, 4) is 0 Å². The Morgan fingerprint density at radius 1 is 1.20 bits per heavy atom. The van der Waals surface area contributed by atoms with Crippen molar-refractivity contribution in [2.75, 3.05) is 20.1 Å². The van der Waals surface area contributed by atoms with Gasteiger partial charge in [0.2, 0.25) is 11.8 Å². The molecule has 1 aliphatic heterocycles. The number of hydrogen-bond donors (Lipinski definition) is 0. The number of aryl methyl sites for hydroxylation is 1. The van der Waals surface area contributed by atoms with Crippen molar-refractivity contribution in [1.29, 1.82) is 0 Å². The summed E-state index contributed by atoms with van der Waals surface area (Å²) in [5, 5.41) is 16.9. The van der Waals surface area contributed by atoms with Gasteiger partial charge in [-0.25, -0.2) is 0 Å². The number of likely N-dealkylation sites (tertiary alicyclic amines) is 1. The Morgan fingerprint density at radius 2 is 2.00 bits per heavy atom. The molecule has 0 spiro atoms. The minimum atomic E-state index is 0.163. The zero-order chi connectivity index (χ0) is 17.6. The molecule has 0 radical (unpaired) electrons. The maximum absolute atomic E-state index is 5.60. The number of aromatic nitrogens is 5. The Hall–Kier alpha value is -1.80. The van der Waals surface area contributed by atoms with Crippen molar-refractivity contribution in [2.45, 2.75) is 57.7 Å². The summed E-state index contributed by atoms with van der Waals surface area (Å²) in [6, 6.07) is 0.670. The summed E-state index contributed by atoms with van der Waals surface area (Å²) in [5.74, 6) is 4.18. The normalized spacial score (nSPS) is 22.8. The van der Waals surface area contributed by atoms with Crippen LogP contribution in [0.1, 0.15) is 61.6 Å². The lowest BCUT2D eigenvalue weighted by molar-refractivity contribution is 0.183. The fourth-order valence-corrected chi connectivity index (χ4v) is 3.68. The predicted molar refractivity (Wildman–Crippen MR) is 91.9 cm³/mol. The van der Waals surface area contributed by atoms with Crippen LogP contribution in [0.5, 0.6) is 0 Å². The number of likely N-dealkylation sites (N-methyl/N-ethyl adjacent to an activating group) is 1. The van der Waals surface area contributed by atoms with Crippen LogP contribution in [0.4, 0.5) is 0 Å². The summed E-state index contributed by atoms with van der Waals surface area (Å²) in [5.41, 5.74) is 0. The third kappa shape index (κ3) is 3.32. The van der Waals surface area contributed by atoms with E-state index in [4.69, 9.17) is 4.42 Å². The van der Waals surface area contributed by atoms with Crippen LogP contribution in [0.3, 0.4) is 0 Å². The van der Waals surface area contributed by atoms with Gasteiger partial charge in [0.15, 0.2) is 0 Å². The summed E-state index contributed by atoms with van der Waals surface area (Å²) in [4.78, 5) is 4.81. The second kappa shape index (κ2) is 6.49. The molecule has 8 heteroatoms. The molecule has 2 fully saturated rings. The van der Waals surface area contributed by atoms with Crippen LogP contribution in [0.25, 0.3) is 0 Å². The van der Waals surface area contributed by atoms with E-state index in [0.717, 1.165) is 37.7 Å². The minimum Gasteiger partial charge on any atom is -0.424 e. The Labute approximate surface area is 148 Å². The highest BCUT2D eigenvalue weighted by molar-refractivity contribution is 5.08. The molecular formula is C17H27N7O. The largest absolute Gasteiger partial charge is 0.424 e. The van der Waals surface area contributed by atoms with Gasteiger partial charge in [-0.3, -0.25) is 9.80 Å². The topological polar surface area (TPSA) is 76.1 Å². The molecule has 0 unspecified atom stereocenters. The summed E-state index contributed by atoms with van der Waals surface area (Å²) in [7, 11) is 4.28. The SMILES string of the molecule is Cc1nnc([C@H](C)N2CC[C@H](N(C)Cc3nnc(C4CC4)n3C)C2)o1. The van der Waals surface area contributed by atoms with Crippen LogP contribution in [-0.4, -0.2) is 60.9 Å². The van der Waals surface area contributed by atoms with E-state index in [0.29, 0.717) is 23.7 Å². The Bertz CT molecular complexity index is 735. The third-order valence-corrected chi connectivity index (χ3v) is 5.60. The molecule has 2 aliphatic rings. The highest BCUT2D eigenvalue weighted by Gasteiger charge is 2.33. The van der Waals surface area contributed by atoms with Crippen LogP contribution >= 0.6 is 0 Å². The summed E-state index contributed by atoms with van der Waals surface area (Å²) < 4.78 is 7.78. The highest BCUT2D eigenvalue weighted by Crippen LogP contribution is 2.38. The second-order valence-corrected chi connectivity index (χ2v) is 7.50. The van der Waals surface area contributed by atoms with E-state index in [9.17, 15) is 0 Å². The van der Waals surface area contributed by atoms with Crippen molar-refractivity contribution in [2.24, 2.45) is 7.05 Å². The summed E-state index contributed by atoms with van der Waals surface area (Å²) in [6.45, 7) is 6.86. The van der Waals surface area contributed by atoms with Gasteiger partial charge in [-0.1, -0.05) is 0 Å². The lowest BCUT2D eigenvalue weighted by atomic mass is 10.2. The molecule has 2 aromatic heterocycles. The van der Waals surface area contributed by atoms with E-state index < -0.39 is 0 Å². The molecule has 1 saturated carbocycles. The Balaban J connectivity index is 1.36. The average molecular weight is 345 g/mol. The van der Waals surface area contributed by atoms with E-state index in [1.54, 1.807) is 0 Å². The molecule has 8 nitrogen and oxygen atoms in total. The molecule has 0 N–H and O–H groups in total. The fourth-order valence-electron chi connectivity index (χ4n) is 3.68. The van der Waals surface area contributed by atoms with Crippen molar-refractivity contribution in [1.82, 2.24) is 34.8 Å². The number of nitrogens with zero attached hydrogens (tertiary/aromatic N) is 7. The van der Waals surface area contributed by atoms with Crippen molar-refractivity contribution >= 4 is 0 Å². The minimum absolute atomic E-state index is 0.163. The van der Waals surface area contributed by atoms with E-state index in [-0.39, 0.29) is 6.04 Å². The van der Waals surface area contributed by atoms with E-state index in [1.165, 1.54) is 12.8 Å². The monoisotopic (exact) mass is 345 g/mol. The fraction of sp³-hybridized carbons (Fsp3) is 0.765. The van der Waals surface area contributed by atoms with E-state index in [2.05, 4.69) is 55.8 Å². The lowest BCUT2D eigenvalue weighted by Gasteiger charge is -2.25. The van der Waals surface area contributed by atoms with Gasteiger partial charge in [-0.15, -0.1) is 20.4 Å². The molecule has 0 aromatic carbocycles. The van der Waals surface area contributed by atoms with Gasteiger partial charge in [0.05, 0.1) is 12.6 Å². The zero-order valence-electron chi connectivity index (χ0n) is 15.5. The maximum atomic E-state index is 5.60. The lowest BCUT2D eigenvalue weighted by Crippen LogP contribution is -2.35. The van der Waals surface area contributed by atoms with Crippen LogP contribution < -0.4 is 0 Å². The molecule has 136 valence electrons. The molecule has 1 saturated heterocycles. The molecule has 2 atom stereocenters. The standard InChI is InChI=1S/C17H27N7O/c1-11(17-21-18-12(2)25-17)24-8-7-14(9-24)22(3)10-15-19-20-16(23(15)4)13-5-6-13/h11,13-14H,5-10H2,1-4H3/t11-,14-/m0/s1. The van der Waals surface area contributed by atoms with Gasteiger partial charge in [0, 0.05) is 39.0 Å². The highest BCUT2D eigenvalue weighted by atomic mass is 16.4. The van der Waals surface area contributed by atoms with Crippen LogP contribution in [0, 0.1) is 6.92 Å². The van der Waals surface area contributed by atoms with Gasteiger partial charge >= 0.3 is 0 Å². The molecule has 0 bridgehead atoms. The first kappa shape index (κ1) is 16.7. The molecular weight excluding hydrogens is 318 g/mol. The van der Waals surface area contributed by atoms with Gasteiger partial charge in [0.1, 0.15) is 11.6 Å². The summed E-state index contributed by atoms with van der Waals surface area (Å²) >= 11 is 0. The summed E-state index contributed by atoms with van der Waals surface area (Å²) in [6.07, 6.45) is 3.65. The van der Waals surface area contributed by atoms with Gasteiger partial charge in [-0.05, 0) is 33.2 Å². The molecule has 1 aliphatic carbocycles. The van der Waals surface area contributed by atoms with Crippen LogP contribution in [0.2, 0.25) is 0 Å². The van der Waals surface area contributed by atoms with Crippen LogP contribution in [0.15, 0.2) is 4.42 Å². The molecule has 0 amide bonds.